The van der Waals surface area contributed by atoms with Crippen molar-refractivity contribution in [3.63, 3.8) is 0 Å². The van der Waals surface area contributed by atoms with Crippen LogP contribution < -0.4 is 4.74 Å². The van der Waals surface area contributed by atoms with Crippen LogP contribution in [0.5, 0.6) is 5.75 Å². The van der Waals surface area contributed by atoms with Gasteiger partial charge in [-0.25, -0.2) is 4.39 Å². The van der Waals surface area contributed by atoms with Crippen molar-refractivity contribution < 1.29 is 23.8 Å². The number of terminal acetylenes is 1. The van der Waals surface area contributed by atoms with Crippen molar-refractivity contribution >= 4 is 17.2 Å². The van der Waals surface area contributed by atoms with E-state index in [1.54, 1.807) is 23.5 Å². The molecule has 1 amide bonds. The fraction of sp³-hybridized carbons (Fsp3) is 0.480. The van der Waals surface area contributed by atoms with Crippen molar-refractivity contribution in [3.05, 3.63) is 52.0 Å². The lowest BCUT2D eigenvalue weighted by molar-refractivity contribution is -0.137. The Morgan fingerprint density at radius 3 is 2.82 bits per heavy atom. The predicted molar refractivity (Wildman–Crippen MR) is 127 cm³/mol. The van der Waals surface area contributed by atoms with Gasteiger partial charge in [-0.3, -0.25) is 9.69 Å². The molecule has 178 valence electrons. The summed E-state index contributed by atoms with van der Waals surface area (Å²) in [4.78, 5) is 18.4. The van der Waals surface area contributed by atoms with Crippen LogP contribution in [-0.2, 0) is 16.0 Å². The number of amides is 1. The molecule has 0 unspecified atom stereocenters. The van der Waals surface area contributed by atoms with Gasteiger partial charge in [-0.1, -0.05) is 5.92 Å². The number of halogens is 1. The summed E-state index contributed by atoms with van der Waals surface area (Å²) >= 11 is 1.69. The van der Waals surface area contributed by atoms with Gasteiger partial charge in [0.15, 0.2) is 0 Å². The topological polar surface area (TPSA) is 62.2 Å². The first-order valence-electron chi connectivity index (χ1n) is 11.1. The van der Waals surface area contributed by atoms with E-state index < -0.39 is 6.10 Å². The Kier molecular flexibility index (Phi) is 9.27. The highest BCUT2D eigenvalue weighted by Crippen LogP contribution is 2.34. The van der Waals surface area contributed by atoms with Gasteiger partial charge >= 0.3 is 0 Å². The Balaban J connectivity index is 1.68. The van der Waals surface area contributed by atoms with E-state index in [9.17, 15) is 14.3 Å². The molecular weight excluding hydrogens is 443 g/mol. The lowest BCUT2D eigenvalue weighted by atomic mass is 10.00. The molecule has 0 saturated heterocycles. The van der Waals surface area contributed by atoms with Crippen LogP contribution in [0.25, 0.3) is 0 Å². The number of benzene rings is 1. The minimum atomic E-state index is -0.740. The number of rotatable bonds is 11. The molecule has 0 aliphatic carbocycles. The van der Waals surface area contributed by atoms with E-state index in [-0.39, 0.29) is 50.2 Å². The first-order chi connectivity index (χ1) is 15.9. The highest BCUT2D eigenvalue weighted by molar-refractivity contribution is 7.10. The van der Waals surface area contributed by atoms with Crippen molar-refractivity contribution in [2.45, 2.75) is 38.5 Å². The number of aliphatic hydroxyl groups is 1. The minimum absolute atomic E-state index is 0.0231. The Labute approximate surface area is 198 Å². The highest BCUT2D eigenvalue weighted by atomic mass is 32.1. The molecular formula is C25H31FN2O4S. The SMILES string of the molecule is C#CCOC[C@H](O)CN(CC(=O)N1CCc2sccc2[C@H]1COc1ccc(F)cc1)C(C)C. The summed E-state index contributed by atoms with van der Waals surface area (Å²) in [5, 5.41) is 12.3. The standard InChI is InChI=1S/C25H31FN2O4S/c1-4-12-31-16-20(29)14-27(18(2)3)15-25(30)28-11-9-24-22(10-13-33-24)23(28)17-32-21-7-5-19(26)6-8-21/h1,5-8,10,13,18,20,23,29H,9,11-12,14-17H2,2-3H3/t20-,23-/m1/s1. The largest absolute Gasteiger partial charge is 0.491 e. The molecule has 33 heavy (non-hydrogen) atoms. The predicted octanol–water partition coefficient (Wildman–Crippen LogP) is 3.11. The zero-order chi connectivity index (χ0) is 23.8. The van der Waals surface area contributed by atoms with Crippen LogP contribution in [0.1, 0.15) is 30.3 Å². The van der Waals surface area contributed by atoms with Crippen molar-refractivity contribution in [1.29, 1.82) is 0 Å². The molecule has 1 N–H and O–H groups in total. The number of thiophene rings is 1. The lowest BCUT2D eigenvalue weighted by Gasteiger charge is -2.38. The second-order valence-corrected chi connectivity index (χ2v) is 9.31. The normalized spacial score (nSPS) is 16.5. The fourth-order valence-corrected chi connectivity index (χ4v) is 4.81. The molecule has 1 aliphatic heterocycles. The van der Waals surface area contributed by atoms with Crippen molar-refractivity contribution in [2.75, 3.05) is 39.5 Å². The van der Waals surface area contributed by atoms with E-state index in [4.69, 9.17) is 15.9 Å². The number of ether oxygens (including phenoxy) is 2. The molecule has 1 aromatic carbocycles. The van der Waals surface area contributed by atoms with E-state index >= 15 is 0 Å². The van der Waals surface area contributed by atoms with Crippen LogP contribution >= 0.6 is 11.3 Å². The zero-order valence-electron chi connectivity index (χ0n) is 19.1. The van der Waals surface area contributed by atoms with E-state index in [1.807, 2.05) is 35.1 Å². The van der Waals surface area contributed by atoms with Gasteiger partial charge in [-0.05, 0) is 61.5 Å². The summed E-state index contributed by atoms with van der Waals surface area (Å²) in [7, 11) is 0. The van der Waals surface area contributed by atoms with E-state index in [2.05, 4.69) is 5.92 Å². The summed E-state index contributed by atoms with van der Waals surface area (Å²) in [5.74, 6) is 2.59. The minimum Gasteiger partial charge on any atom is -0.491 e. The number of fused-ring (bicyclic) bond motifs is 1. The van der Waals surface area contributed by atoms with Crippen LogP contribution in [0.4, 0.5) is 4.39 Å². The molecule has 0 radical (unpaired) electrons. The van der Waals surface area contributed by atoms with Gasteiger partial charge in [0.05, 0.1) is 25.3 Å². The molecule has 0 spiro atoms. The number of hydrogen-bond donors (Lipinski definition) is 1. The maximum absolute atomic E-state index is 13.4. The third-order valence-corrected chi connectivity index (χ3v) is 6.64. The summed E-state index contributed by atoms with van der Waals surface area (Å²) in [6.45, 7) is 5.62. The van der Waals surface area contributed by atoms with Crippen LogP contribution in [0.15, 0.2) is 35.7 Å². The fourth-order valence-electron chi connectivity index (χ4n) is 3.88. The first-order valence-corrected chi connectivity index (χ1v) is 11.9. The average Bonchev–Trinajstić information content (AvgIpc) is 3.27. The summed E-state index contributed by atoms with van der Waals surface area (Å²) in [5.41, 5.74) is 1.10. The molecule has 1 aliphatic rings. The summed E-state index contributed by atoms with van der Waals surface area (Å²) in [6.07, 6.45) is 5.24. The Bertz CT molecular complexity index is 941. The summed E-state index contributed by atoms with van der Waals surface area (Å²) in [6, 6.07) is 7.77. The number of carbonyl (C=O) groups is 1. The maximum atomic E-state index is 13.4. The second-order valence-electron chi connectivity index (χ2n) is 8.31. The molecule has 0 saturated carbocycles. The highest BCUT2D eigenvalue weighted by Gasteiger charge is 2.33. The number of carbonyl (C=O) groups excluding carboxylic acids is 1. The lowest BCUT2D eigenvalue weighted by Crippen LogP contribution is -2.49. The Morgan fingerprint density at radius 1 is 1.36 bits per heavy atom. The molecule has 2 aromatic rings. The van der Waals surface area contributed by atoms with E-state index in [0.717, 1.165) is 12.0 Å². The molecule has 1 aromatic heterocycles. The smallest absolute Gasteiger partial charge is 0.237 e. The molecule has 0 fully saturated rings. The van der Waals surface area contributed by atoms with Crippen LogP contribution in [0, 0.1) is 18.2 Å². The number of nitrogens with zero attached hydrogens (tertiary/aromatic N) is 2. The monoisotopic (exact) mass is 474 g/mol. The molecule has 0 bridgehead atoms. The van der Waals surface area contributed by atoms with Gasteiger partial charge in [0.1, 0.15) is 24.8 Å². The van der Waals surface area contributed by atoms with Crippen LogP contribution in [0.3, 0.4) is 0 Å². The van der Waals surface area contributed by atoms with Crippen LogP contribution in [-0.4, -0.2) is 72.4 Å². The average molecular weight is 475 g/mol. The third kappa shape index (κ3) is 7.02. The van der Waals surface area contributed by atoms with E-state index in [0.29, 0.717) is 18.8 Å². The van der Waals surface area contributed by atoms with Gasteiger partial charge < -0.3 is 19.5 Å². The molecule has 3 rings (SSSR count). The van der Waals surface area contributed by atoms with Gasteiger partial charge in [0, 0.05) is 24.0 Å². The molecule has 8 heteroatoms. The third-order valence-electron chi connectivity index (χ3n) is 5.65. The van der Waals surface area contributed by atoms with E-state index in [1.165, 1.54) is 17.0 Å². The molecule has 2 heterocycles. The van der Waals surface area contributed by atoms with Crippen molar-refractivity contribution in [1.82, 2.24) is 9.80 Å². The first kappa shape index (κ1) is 25.2. The zero-order valence-corrected chi connectivity index (χ0v) is 19.9. The number of hydrogen-bond acceptors (Lipinski definition) is 6. The molecule has 6 nitrogen and oxygen atoms in total. The number of aliphatic hydroxyl groups excluding tert-OH is 1. The maximum Gasteiger partial charge on any atom is 0.237 e. The summed E-state index contributed by atoms with van der Waals surface area (Å²) < 4.78 is 24.4. The molecule has 2 atom stereocenters. The van der Waals surface area contributed by atoms with Gasteiger partial charge in [-0.15, -0.1) is 17.8 Å². The van der Waals surface area contributed by atoms with Crippen molar-refractivity contribution in [2.24, 2.45) is 0 Å². The quantitative estimate of drug-likeness (QED) is 0.401. The van der Waals surface area contributed by atoms with Gasteiger partial charge in [0.25, 0.3) is 0 Å². The van der Waals surface area contributed by atoms with Gasteiger partial charge in [0.2, 0.25) is 5.91 Å². The van der Waals surface area contributed by atoms with Gasteiger partial charge in [-0.2, -0.15) is 0 Å². The second kappa shape index (κ2) is 12.1. The van der Waals surface area contributed by atoms with Crippen molar-refractivity contribution in [3.8, 4) is 18.1 Å². The Hall–Kier alpha value is -2.44. The Morgan fingerprint density at radius 2 is 2.12 bits per heavy atom. The van der Waals surface area contributed by atoms with Crippen LogP contribution in [0.2, 0.25) is 0 Å².